The molecule has 6 heteroatoms. The molecule has 1 N–H and O–H groups in total. The number of fused-ring (bicyclic) bond motifs is 1. The Labute approximate surface area is 219 Å². The fourth-order valence-corrected chi connectivity index (χ4v) is 5.70. The van der Waals surface area contributed by atoms with E-state index in [1.165, 1.54) is 11.1 Å². The number of carboxylic acid groups (broad SMARTS) is 1. The van der Waals surface area contributed by atoms with Crippen molar-refractivity contribution in [3.63, 3.8) is 0 Å². The Hall–Kier alpha value is -2.99. The Bertz CT molecular complexity index is 1170. The van der Waals surface area contributed by atoms with Crippen LogP contribution in [0.15, 0.2) is 54.7 Å². The molecule has 1 aliphatic rings. The first-order valence-corrected chi connectivity index (χ1v) is 13.5. The van der Waals surface area contributed by atoms with Gasteiger partial charge in [0.1, 0.15) is 11.9 Å². The van der Waals surface area contributed by atoms with Gasteiger partial charge >= 0.3 is 5.97 Å². The van der Waals surface area contributed by atoms with Gasteiger partial charge in [0.15, 0.2) is 0 Å². The minimum Gasteiger partial charge on any atom is -0.497 e. The maximum Gasteiger partial charge on any atom is 0.303 e. The van der Waals surface area contributed by atoms with E-state index in [9.17, 15) is 9.90 Å². The summed E-state index contributed by atoms with van der Waals surface area (Å²) in [6, 6.07) is 16.0. The smallest absolute Gasteiger partial charge is 0.303 e. The van der Waals surface area contributed by atoms with E-state index in [1.54, 1.807) is 19.4 Å². The third kappa shape index (κ3) is 7.51. The molecule has 3 atom stereocenters. The lowest BCUT2D eigenvalue weighted by Gasteiger charge is -2.39. The third-order valence-electron chi connectivity index (χ3n) is 7.88. The van der Waals surface area contributed by atoms with Crippen molar-refractivity contribution < 1.29 is 19.0 Å². The number of hydrogen-bond acceptors (Lipinski definition) is 4. The number of methoxy groups -OCH3 is 1. The minimum absolute atomic E-state index is 0.173. The fourth-order valence-electron chi connectivity index (χ4n) is 5.70. The molecular formula is C31H39FN2O3. The lowest BCUT2D eigenvalue weighted by Crippen LogP contribution is -2.41. The molecule has 1 unspecified atom stereocenters. The first-order valence-electron chi connectivity index (χ1n) is 13.5. The van der Waals surface area contributed by atoms with Gasteiger partial charge in [0.2, 0.25) is 0 Å². The van der Waals surface area contributed by atoms with Crippen LogP contribution >= 0.6 is 0 Å². The van der Waals surface area contributed by atoms with E-state index in [4.69, 9.17) is 4.74 Å². The summed E-state index contributed by atoms with van der Waals surface area (Å²) in [5, 5.41) is 10.1. The van der Waals surface area contributed by atoms with Crippen LogP contribution in [0.5, 0.6) is 5.75 Å². The topological polar surface area (TPSA) is 62.7 Å². The molecule has 5 nitrogen and oxygen atoms in total. The molecule has 2 aromatic carbocycles. The number of carbonyl (C=O) groups is 1. The van der Waals surface area contributed by atoms with Gasteiger partial charge in [-0.25, -0.2) is 4.39 Å². The van der Waals surface area contributed by atoms with Gasteiger partial charge in [0.25, 0.3) is 0 Å². The number of aryl methyl sites for hydroxylation is 2. The van der Waals surface area contributed by atoms with Gasteiger partial charge < -0.3 is 14.7 Å². The van der Waals surface area contributed by atoms with Crippen molar-refractivity contribution >= 4 is 16.9 Å². The Balaban J connectivity index is 1.34. The molecule has 37 heavy (non-hydrogen) atoms. The van der Waals surface area contributed by atoms with Crippen LogP contribution in [-0.4, -0.2) is 47.7 Å². The highest BCUT2D eigenvalue weighted by Crippen LogP contribution is 2.36. The van der Waals surface area contributed by atoms with Crippen molar-refractivity contribution in [2.45, 2.75) is 58.0 Å². The van der Waals surface area contributed by atoms with Crippen molar-refractivity contribution in [2.24, 2.45) is 11.8 Å². The molecule has 2 heterocycles. The number of likely N-dealkylation sites (tertiary alicyclic amines) is 1. The van der Waals surface area contributed by atoms with Crippen LogP contribution in [0.1, 0.15) is 61.4 Å². The van der Waals surface area contributed by atoms with E-state index < -0.39 is 12.1 Å². The SMILES string of the molecule is COc1ccc2nccc(C(F)CC[C@@H]3CCN(CCCc4ccc(C)cc4)C[C@@H]3CCC(=O)O)c2c1. The molecule has 1 fully saturated rings. The van der Waals surface area contributed by atoms with E-state index in [1.807, 2.05) is 18.2 Å². The number of ether oxygens (including phenoxy) is 1. The normalized spacial score (nSPS) is 19.1. The van der Waals surface area contributed by atoms with Crippen LogP contribution in [0.4, 0.5) is 4.39 Å². The molecule has 1 saturated heterocycles. The zero-order valence-electron chi connectivity index (χ0n) is 22.0. The van der Waals surface area contributed by atoms with Crippen LogP contribution in [0.3, 0.4) is 0 Å². The van der Waals surface area contributed by atoms with Crippen molar-refractivity contribution in [2.75, 3.05) is 26.7 Å². The minimum atomic E-state index is -1.09. The number of hydrogen-bond donors (Lipinski definition) is 1. The van der Waals surface area contributed by atoms with Crippen molar-refractivity contribution in [1.82, 2.24) is 9.88 Å². The number of aliphatic carboxylic acids is 1. The van der Waals surface area contributed by atoms with Crippen molar-refractivity contribution in [3.8, 4) is 5.75 Å². The van der Waals surface area contributed by atoms with Crippen LogP contribution < -0.4 is 4.74 Å². The summed E-state index contributed by atoms with van der Waals surface area (Å²) in [4.78, 5) is 18.2. The first-order chi connectivity index (χ1) is 17.9. The Morgan fingerprint density at radius 2 is 1.97 bits per heavy atom. The molecule has 198 valence electrons. The quantitative estimate of drug-likeness (QED) is 0.293. The molecule has 1 aliphatic heterocycles. The third-order valence-corrected chi connectivity index (χ3v) is 7.88. The predicted molar refractivity (Wildman–Crippen MR) is 146 cm³/mol. The zero-order chi connectivity index (χ0) is 26.2. The summed E-state index contributed by atoms with van der Waals surface area (Å²) >= 11 is 0. The Kier molecular flexibility index (Phi) is 9.51. The highest BCUT2D eigenvalue weighted by atomic mass is 19.1. The van der Waals surface area contributed by atoms with Gasteiger partial charge in [0.05, 0.1) is 12.6 Å². The number of aromatic nitrogens is 1. The predicted octanol–water partition coefficient (Wildman–Crippen LogP) is 6.78. The van der Waals surface area contributed by atoms with Gasteiger partial charge in [-0.15, -0.1) is 0 Å². The zero-order valence-corrected chi connectivity index (χ0v) is 22.0. The second-order valence-electron chi connectivity index (χ2n) is 10.5. The lowest BCUT2D eigenvalue weighted by atomic mass is 9.79. The number of halogens is 1. The number of pyridine rings is 1. The van der Waals surface area contributed by atoms with Gasteiger partial charge in [-0.3, -0.25) is 9.78 Å². The highest BCUT2D eigenvalue weighted by molar-refractivity contribution is 5.83. The van der Waals surface area contributed by atoms with Crippen LogP contribution in [-0.2, 0) is 11.2 Å². The van der Waals surface area contributed by atoms with Gasteiger partial charge in [0, 0.05) is 24.5 Å². The van der Waals surface area contributed by atoms with E-state index in [2.05, 4.69) is 41.1 Å². The van der Waals surface area contributed by atoms with Crippen molar-refractivity contribution in [3.05, 3.63) is 71.4 Å². The fraction of sp³-hybridized carbons (Fsp3) is 0.484. The number of alkyl halides is 1. The highest BCUT2D eigenvalue weighted by Gasteiger charge is 2.30. The average molecular weight is 507 g/mol. The Morgan fingerprint density at radius 3 is 2.73 bits per heavy atom. The summed E-state index contributed by atoms with van der Waals surface area (Å²) in [5.41, 5.74) is 4.05. The maximum absolute atomic E-state index is 15.6. The molecule has 0 aliphatic carbocycles. The molecule has 0 radical (unpaired) electrons. The monoisotopic (exact) mass is 506 g/mol. The van der Waals surface area contributed by atoms with Crippen LogP contribution in [0.25, 0.3) is 10.9 Å². The maximum atomic E-state index is 15.6. The van der Waals surface area contributed by atoms with E-state index in [0.29, 0.717) is 30.1 Å². The molecule has 4 rings (SSSR count). The van der Waals surface area contributed by atoms with Gasteiger partial charge in [-0.2, -0.15) is 0 Å². The molecule has 3 aromatic rings. The summed E-state index contributed by atoms with van der Waals surface area (Å²) in [6.45, 7) is 5.01. The second-order valence-corrected chi connectivity index (χ2v) is 10.5. The van der Waals surface area contributed by atoms with Crippen LogP contribution in [0.2, 0.25) is 0 Å². The van der Waals surface area contributed by atoms with E-state index in [0.717, 1.165) is 56.2 Å². The molecule has 1 aromatic heterocycles. The lowest BCUT2D eigenvalue weighted by molar-refractivity contribution is -0.137. The molecular weight excluding hydrogens is 467 g/mol. The van der Waals surface area contributed by atoms with Crippen molar-refractivity contribution in [1.29, 1.82) is 0 Å². The standard InChI is InChI=1S/C31H39FN2O3/c1-22-5-7-23(8-6-22)4-3-18-34-19-16-24(25(21-34)10-14-31(35)36)9-12-29(32)27-15-17-33-30-13-11-26(37-2)20-28(27)30/h5-8,11,13,15,17,20,24-25,29H,3-4,9-10,12,14,16,18-19,21H2,1-2H3,(H,35,36)/t24-,25+,29?/m1/s1. The van der Waals surface area contributed by atoms with Crippen LogP contribution in [0, 0.1) is 18.8 Å². The van der Waals surface area contributed by atoms with Gasteiger partial charge in [-0.1, -0.05) is 29.8 Å². The first kappa shape index (κ1) is 27.1. The number of piperidine rings is 1. The average Bonchev–Trinajstić information content (AvgIpc) is 2.91. The number of nitrogens with zero attached hydrogens (tertiary/aromatic N) is 2. The number of benzene rings is 2. The summed E-state index contributed by atoms with van der Waals surface area (Å²) in [5.74, 6) is 0.563. The largest absolute Gasteiger partial charge is 0.497 e. The molecule has 0 spiro atoms. The molecule has 0 saturated carbocycles. The number of rotatable bonds is 12. The molecule has 0 bridgehead atoms. The number of carboxylic acids is 1. The Morgan fingerprint density at radius 1 is 1.16 bits per heavy atom. The van der Waals surface area contributed by atoms with E-state index >= 15 is 4.39 Å². The second kappa shape index (κ2) is 13.0. The molecule has 0 amide bonds. The van der Waals surface area contributed by atoms with E-state index in [-0.39, 0.29) is 12.3 Å². The summed E-state index contributed by atoms with van der Waals surface area (Å²) < 4.78 is 20.9. The van der Waals surface area contributed by atoms with Gasteiger partial charge in [-0.05, 0) is 106 Å². The summed E-state index contributed by atoms with van der Waals surface area (Å²) in [6.07, 6.45) is 5.72. The summed E-state index contributed by atoms with van der Waals surface area (Å²) in [7, 11) is 1.61.